The number of aryl methyl sites for hydroxylation is 3. The fraction of sp³-hybridized carbons (Fsp3) is 0.333. The summed E-state index contributed by atoms with van der Waals surface area (Å²) < 4.78 is 7.27. The van der Waals surface area contributed by atoms with E-state index >= 15 is 0 Å². The number of likely N-dealkylation sites (N-methyl/N-ethyl adjacent to an activating group) is 1. The van der Waals surface area contributed by atoms with Crippen molar-refractivity contribution in [3.05, 3.63) is 81.0 Å². The molecule has 0 amide bonds. The number of benzene rings is 2. The number of aliphatic hydroxyl groups excluding tert-OH is 1. The molecular formula is C30H33N5O6. The fourth-order valence-electron chi connectivity index (χ4n) is 5.26. The van der Waals surface area contributed by atoms with Crippen LogP contribution in [0.4, 0.5) is 11.4 Å². The highest BCUT2D eigenvalue weighted by Crippen LogP contribution is 2.39. The number of nitrogens with zero attached hydrogens (tertiary/aromatic N) is 4. The summed E-state index contributed by atoms with van der Waals surface area (Å²) in [5.74, 6) is -1.97. The van der Waals surface area contributed by atoms with Gasteiger partial charge in [-0.3, -0.25) is 9.89 Å². The highest BCUT2D eigenvalue weighted by atomic mass is 16.4. The first-order chi connectivity index (χ1) is 19.6. The second-order valence-electron chi connectivity index (χ2n) is 11.1. The molecule has 0 saturated carbocycles. The number of nitrogens with one attached hydrogen (secondary N) is 1. The molecule has 0 atom stereocenters. The zero-order chi connectivity index (χ0) is 29.3. The van der Waals surface area contributed by atoms with Crippen molar-refractivity contribution in [2.75, 3.05) is 27.2 Å². The lowest BCUT2D eigenvalue weighted by Crippen LogP contribution is -2.41. The Kier molecular flexibility index (Phi) is 7.65. The van der Waals surface area contributed by atoms with Crippen molar-refractivity contribution in [3.63, 3.8) is 0 Å². The number of hydrogen-bond donors (Lipinski definition) is 3. The number of aliphatic hydroxyl groups is 1. The van der Waals surface area contributed by atoms with Crippen molar-refractivity contribution in [1.82, 2.24) is 9.78 Å². The van der Waals surface area contributed by atoms with E-state index in [-0.39, 0.29) is 40.6 Å². The van der Waals surface area contributed by atoms with Gasteiger partial charge in [0.15, 0.2) is 5.69 Å². The van der Waals surface area contributed by atoms with Gasteiger partial charge in [0.2, 0.25) is 5.76 Å². The molecule has 41 heavy (non-hydrogen) atoms. The predicted octanol–water partition coefficient (Wildman–Crippen LogP) is 4.37. The first-order valence-corrected chi connectivity index (χ1v) is 13.5. The van der Waals surface area contributed by atoms with Gasteiger partial charge >= 0.3 is 5.97 Å². The van der Waals surface area contributed by atoms with Crippen LogP contribution in [0.25, 0.3) is 17.0 Å². The van der Waals surface area contributed by atoms with Crippen LogP contribution in [0.2, 0.25) is 0 Å². The molecule has 5 rings (SSSR count). The normalized spacial score (nSPS) is 13.6. The van der Waals surface area contributed by atoms with Crippen molar-refractivity contribution >= 4 is 17.3 Å². The molecular weight excluding hydrogens is 526 g/mol. The van der Waals surface area contributed by atoms with E-state index in [4.69, 9.17) is 4.42 Å². The van der Waals surface area contributed by atoms with Crippen LogP contribution >= 0.6 is 0 Å². The number of H-pyrrole nitrogens is 1. The van der Waals surface area contributed by atoms with Gasteiger partial charge in [-0.1, -0.05) is 11.8 Å². The Hall–Kier alpha value is -4.48. The van der Waals surface area contributed by atoms with Crippen LogP contribution in [0.1, 0.15) is 45.8 Å². The number of furan rings is 1. The molecule has 0 aliphatic heterocycles. The smallest absolute Gasteiger partial charge is 0.371 e. The zero-order valence-electron chi connectivity index (χ0n) is 23.3. The Morgan fingerprint density at radius 2 is 1.85 bits per heavy atom. The van der Waals surface area contributed by atoms with E-state index in [0.29, 0.717) is 34.5 Å². The molecule has 11 nitrogen and oxygen atoms in total. The van der Waals surface area contributed by atoms with E-state index < -0.39 is 11.7 Å². The standard InChI is InChI=1S/C30H33N5O6/c1-18-27(29(38)34(33-18)22-9-8-20-6-4-5-7-21(20)16-22)32-31-24-15-19(17-35(2,3)12-13-36)14-23(28(24)37)25-10-11-26(41-25)30(39)40/h8-11,14-16,36H,4-7,12-13,17H2,1-3H3,(H2-,31,32,33,37,38,39,40). The number of quaternary nitrogens is 1. The number of carbonyl (C=O) groups is 1. The number of azo groups is 1. The van der Waals surface area contributed by atoms with Gasteiger partial charge in [-0.05, 0) is 80.1 Å². The molecule has 0 fully saturated rings. The van der Waals surface area contributed by atoms with E-state index in [1.54, 1.807) is 19.1 Å². The van der Waals surface area contributed by atoms with Crippen molar-refractivity contribution in [2.24, 2.45) is 10.2 Å². The second-order valence-corrected chi connectivity index (χ2v) is 11.1. The van der Waals surface area contributed by atoms with Crippen LogP contribution < -0.4 is 10.7 Å². The SMILES string of the molecule is Cc1[nH]n(-c2ccc3c(c2)CCCC3)c(=O)c1N=Nc1cc(C[N+](C)(C)CCO)cc(-c2ccc(C(=O)O)o2)c1[O-]. The summed E-state index contributed by atoms with van der Waals surface area (Å²) in [6.07, 6.45) is 4.31. The van der Waals surface area contributed by atoms with Gasteiger partial charge < -0.3 is 24.2 Å². The van der Waals surface area contributed by atoms with Crippen LogP contribution in [0, 0.1) is 6.92 Å². The summed E-state index contributed by atoms with van der Waals surface area (Å²) in [5, 5.41) is 43.7. The van der Waals surface area contributed by atoms with Gasteiger partial charge in [-0.2, -0.15) is 5.11 Å². The number of aromatic carboxylic acids is 1. The van der Waals surface area contributed by atoms with Gasteiger partial charge in [0.1, 0.15) is 18.8 Å². The van der Waals surface area contributed by atoms with Gasteiger partial charge in [0, 0.05) is 11.1 Å². The quantitative estimate of drug-likeness (QED) is 0.204. The molecule has 0 radical (unpaired) electrons. The summed E-state index contributed by atoms with van der Waals surface area (Å²) in [7, 11) is 3.87. The van der Waals surface area contributed by atoms with Crippen LogP contribution in [-0.2, 0) is 19.4 Å². The molecule has 1 aliphatic carbocycles. The fourth-order valence-corrected chi connectivity index (χ4v) is 5.26. The third-order valence-electron chi connectivity index (χ3n) is 7.42. The summed E-state index contributed by atoms with van der Waals surface area (Å²) >= 11 is 0. The first-order valence-electron chi connectivity index (χ1n) is 13.5. The van der Waals surface area contributed by atoms with Gasteiger partial charge in [-0.25, -0.2) is 9.48 Å². The van der Waals surface area contributed by atoms with Crippen molar-refractivity contribution < 1.29 is 29.0 Å². The zero-order valence-corrected chi connectivity index (χ0v) is 23.3. The average molecular weight is 560 g/mol. The van der Waals surface area contributed by atoms with E-state index in [0.717, 1.165) is 19.3 Å². The molecule has 0 unspecified atom stereocenters. The van der Waals surface area contributed by atoms with Crippen molar-refractivity contribution in [3.8, 4) is 22.8 Å². The van der Waals surface area contributed by atoms with Crippen LogP contribution in [0.3, 0.4) is 0 Å². The van der Waals surface area contributed by atoms with Crippen molar-refractivity contribution in [2.45, 2.75) is 39.2 Å². The highest BCUT2D eigenvalue weighted by molar-refractivity contribution is 5.86. The molecule has 4 aromatic rings. The summed E-state index contributed by atoms with van der Waals surface area (Å²) in [6, 6.07) is 11.9. The third-order valence-corrected chi connectivity index (χ3v) is 7.42. The minimum Gasteiger partial charge on any atom is -0.870 e. The lowest BCUT2D eigenvalue weighted by Gasteiger charge is -2.29. The van der Waals surface area contributed by atoms with E-state index in [2.05, 4.69) is 21.4 Å². The molecule has 214 valence electrons. The number of carboxylic acids is 1. The van der Waals surface area contributed by atoms with Gasteiger partial charge in [0.05, 0.1) is 37.8 Å². The van der Waals surface area contributed by atoms with E-state index in [1.807, 2.05) is 26.2 Å². The molecule has 2 aromatic heterocycles. The Balaban J connectivity index is 1.54. The molecule has 1 aliphatic rings. The lowest BCUT2D eigenvalue weighted by atomic mass is 9.91. The minimum atomic E-state index is -1.25. The molecule has 0 bridgehead atoms. The molecule has 2 heterocycles. The number of aromatic nitrogens is 2. The number of hydrogen-bond acceptors (Lipinski definition) is 7. The average Bonchev–Trinajstić information content (AvgIpc) is 3.53. The summed E-state index contributed by atoms with van der Waals surface area (Å²) in [5.41, 5.74) is 4.27. The monoisotopic (exact) mass is 559 g/mol. The summed E-state index contributed by atoms with van der Waals surface area (Å²) in [4.78, 5) is 24.7. The number of carboxylic acid groups (broad SMARTS) is 1. The second kappa shape index (κ2) is 11.2. The minimum absolute atomic E-state index is 0.0184. The largest absolute Gasteiger partial charge is 0.870 e. The number of fused-ring (bicyclic) bond motifs is 1. The van der Waals surface area contributed by atoms with E-state index in [1.165, 1.54) is 34.4 Å². The molecule has 11 heteroatoms. The Morgan fingerprint density at radius 1 is 1.10 bits per heavy atom. The Labute approximate surface area is 236 Å². The third kappa shape index (κ3) is 5.86. The Bertz CT molecular complexity index is 1690. The highest BCUT2D eigenvalue weighted by Gasteiger charge is 2.20. The predicted molar refractivity (Wildman–Crippen MR) is 150 cm³/mol. The molecule has 3 N–H and O–H groups in total. The van der Waals surface area contributed by atoms with Gasteiger partial charge in [0.25, 0.3) is 5.56 Å². The number of aromatic amines is 1. The molecule has 2 aromatic carbocycles. The first kappa shape index (κ1) is 28.1. The summed E-state index contributed by atoms with van der Waals surface area (Å²) in [6.45, 7) is 2.61. The van der Waals surface area contributed by atoms with Crippen molar-refractivity contribution in [1.29, 1.82) is 0 Å². The maximum Gasteiger partial charge on any atom is 0.371 e. The molecule has 0 saturated heterocycles. The number of rotatable bonds is 9. The molecule has 0 spiro atoms. The van der Waals surface area contributed by atoms with Crippen LogP contribution in [0.15, 0.2) is 61.9 Å². The van der Waals surface area contributed by atoms with Crippen LogP contribution in [0.5, 0.6) is 5.75 Å². The maximum atomic E-state index is 13.4. The maximum absolute atomic E-state index is 13.4. The topological polar surface area (TPSA) is 156 Å². The lowest BCUT2D eigenvalue weighted by molar-refractivity contribution is -0.903. The van der Waals surface area contributed by atoms with Gasteiger partial charge in [-0.15, -0.1) is 5.11 Å². The van der Waals surface area contributed by atoms with Crippen LogP contribution in [-0.4, -0.2) is 57.7 Å². The van der Waals surface area contributed by atoms with E-state index in [9.17, 15) is 24.9 Å². The Morgan fingerprint density at radius 3 is 2.56 bits per heavy atom.